The van der Waals surface area contributed by atoms with E-state index < -0.39 is 23.8 Å². The average molecular weight is 385 g/mol. The number of amides is 3. The summed E-state index contributed by atoms with van der Waals surface area (Å²) in [6, 6.07) is 9.68. The van der Waals surface area contributed by atoms with Crippen LogP contribution in [-0.4, -0.2) is 26.2 Å². The largest absolute Gasteiger partial charge is 0.497 e. The highest BCUT2D eigenvalue weighted by molar-refractivity contribution is 6.07. The predicted octanol–water partition coefficient (Wildman–Crippen LogP) is 3.11. The minimum Gasteiger partial charge on any atom is -0.497 e. The average Bonchev–Trinajstić information content (AvgIpc) is 2.68. The first-order valence-corrected chi connectivity index (χ1v) is 8.50. The highest BCUT2D eigenvalue weighted by Gasteiger charge is 2.33. The summed E-state index contributed by atoms with van der Waals surface area (Å²) in [6.45, 7) is 1.61. The number of anilines is 1. The summed E-state index contributed by atoms with van der Waals surface area (Å²) in [7, 11) is 3.01. The first-order valence-electron chi connectivity index (χ1n) is 8.50. The number of carbonyl (C=O) groups excluding carboxylic acids is 2. The fraction of sp³-hybridized carbons (Fsp3) is 0.200. The Hall–Kier alpha value is -3.55. The van der Waals surface area contributed by atoms with Crippen LogP contribution in [0.2, 0.25) is 0 Å². The molecule has 0 aliphatic carbocycles. The summed E-state index contributed by atoms with van der Waals surface area (Å²) in [5, 5.41) is 7.86. The fourth-order valence-corrected chi connectivity index (χ4v) is 3.04. The van der Waals surface area contributed by atoms with Crippen molar-refractivity contribution in [1.82, 2.24) is 10.6 Å². The van der Waals surface area contributed by atoms with Crippen LogP contribution in [0, 0.1) is 5.82 Å². The van der Waals surface area contributed by atoms with Gasteiger partial charge < -0.3 is 25.4 Å². The van der Waals surface area contributed by atoms with Gasteiger partial charge in [-0.2, -0.15) is 0 Å². The lowest BCUT2D eigenvalue weighted by Crippen LogP contribution is -2.46. The van der Waals surface area contributed by atoms with Crippen molar-refractivity contribution >= 4 is 17.6 Å². The van der Waals surface area contributed by atoms with Gasteiger partial charge in [-0.15, -0.1) is 0 Å². The maximum Gasteiger partial charge on any atom is 0.319 e. The third kappa shape index (κ3) is 3.75. The summed E-state index contributed by atoms with van der Waals surface area (Å²) in [5.74, 6) is -0.0899. The van der Waals surface area contributed by atoms with E-state index in [2.05, 4.69) is 16.0 Å². The monoisotopic (exact) mass is 385 g/mol. The van der Waals surface area contributed by atoms with E-state index in [0.29, 0.717) is 22.8 Å². The fourth-order valence-electron chi connectivity index (χ4n) is 3.04. The predicted molar refractivity (Wildman–Crippen MR) is 102 cm³/mol. The molecule has 3 N–H and O–H groups in total. The van der Waals surface area contributed by atoms with Crippen LogP contribution < -0.4 is 25.4 Å². The molecule has 0 spiro atoms. The van der Waals surface area contributed by atoms with E-state index in [4.69, 9.17) is 9.47 Å². The Kier molecular flexibility index (Phi) is 5.49. The standard InChI is InChI=1S/C20H20FN3O4/c1-11-17(19(25)23-15-7-5-4-6-14(15)21)18(24-20(26)22-11)13-9-8-12(27-2)10-16(13)28-3/h4-10,18H,1-3H3,(H,23,25)(H2,22,24,26)/t18-/m0/s1. The number of halogens is 1. The van der Waals surface area contributed by atoms with Crippen molar-refractivity contribution in [3.05, 3.63) is 65.1 Å². The van der Waals surface area contributed by atoms with E-state index in [0.717, 1.165) is 0 Å². The second-order valence-electron chi connectivity index (χ2n) is 6.11. The molecule has 0 fully saturated rings. The lowest BCUT2D eigenvalue weighted by molar-refractivity contribution is -0.113. The van der Waals surface area contributed by atoms with E-state index >= 15 is 0 Å². The number of benzene rings is 2. The van der Waals surface area contributed by atoms with Gasteiger partial charge in [0.05, 0.1) is 31.5 Å². The lowest BCUT2D eigenvalue weighted by atomic mass is 9.94. The minimum atomic E-state index is -0.790. The molecule has 0 radical (unpaired) electrons. The van der Waals surface area contributed by atoms with Crippen molar-refractivity contribution in [2.45, 2.75) is 13.0 Å². The highest BCUT2D eigenvalue weighted by Crippen LogP contribution is 2.35. The van der Waals surface area contributed by atoms with Crippen LogP contribution >= 0.6 is 0 Å². The van der Waals surface area contributed by atoms with Crippen LogP contribution in [0.25, 0.3) is 0 Å². The van der Waals surface area contributed by atoms with Crippen molar-refractivity contribution in [3.8, 4) is 11.5 Å². The second kappa shape index (κ2) is 7.99. The normalized spacial score (nSPS) is 16.1. The molecule has 2 aromatic carbocycles. The smallest absolute Gasteiger partial charge is 0.319 e. The first-order chi connectivity index (χ1) is 13.4. The molecule has 1 atom stereocenters. The molecule has 3 amide bonds. The number of methoxy groups -OCH3 is 2. The van der Waals surface area contributed by atoms with Crippen molar-refractivity contribution in [2.75, 3.05) is 19.5 Å². The van der Waals surface area contributed by atoms with Gasteiger partial charge in [-0.3, -0.25) is 4.79 Å². The number of hydrogen-bond acceptors (Lipinski definition) is 4. The maximum atomic E-state index is 13.9. The summed E-state index contributed by atoms with van der Waals surface area (Å²) < 4.78 is 24.6. The van der Waals surface area contributed by atoms with E-state index in [1.807, 2.05) is 0 Å². The van der Waals surface area contributed by atoms with Gasteiger partial charge in [0.2, 0.25) is 0 Å². The van der Waals surface area contributed by atoms with Gasteiger partial charge >= 0.3 is 6.03 Å². The number of carbonyl (C=O) groups is 2. The zero-order chi connectivity index (χ0) is 20.3. The van der Waals surface area contributed by atoms with Gasteiger partial charge in [0.25, 0.3) is 5.91 Å². The molecule has 0 aromatic heterocycles. The number of urea groups is 1. The van der Waals surface area contributed by atoms with E-state index in [1.54, 1.807) is 31.2 Å². The van der Waals surface area contributed by atoms with Crippen molar-refractivity contribution in [3.63, 3.8) is 0 Å². The van der Waals surface area contributed by atoms with Crippen LogP contribution in [0.15, 0.2) is 53.7 Å². The molecule has 0 saturated carbocycles. The zero-order valence-corrected chi connectivity index (χ0v) is 15.6. The number of ether oxygens (including phenoxy) is 2. The Balaban J connectivity index is 2.02. The molecule has 1 aliphatic heterocycles. The summed E-state index contributed by atoms with van der Waals surface area (Å²) >= 11 is 0. The molecule has 2 aromatic rings. The van der Waals surface area contributed by atoms with Gasteiger partial charge in [-0.05, 0) is 31.2 Å². The van der Waals surface area contributed by atoms with E-state index in [9.17, 15) is 14.0 Å². The Labute approximate surface area is 161 Å². The summed E-state index contributed by atoms with van der Waals surface area (Å²) in [6.07, 6.45) is 0. The highest BCUT2D eigenvalue weighted by atomic mass is 19.1. The molecule has 0 saturated heterocycles. The zero-order valence-electron chi connectivity index (χ0n) is 15.6. The van der Waals surface area contributed by atoms with Crippen LogP contribution in [0.3, 0.4) is 0 Å². The van der Waals surface area contributed by atoms with Crippen molar-refractivity contribution in [2.24, 2.45) is 0 Å². The number of hydrogen-bond donors (Lipinski definition) is 3. The second-order valence-corrected chi connectivity index (χ2v) is 6.11. The molecule has 7 nitrogen and oxygen atoms in total. The third-order valence-electron chi connectivity index (χ3n) is 4.39. The number of nitrogens with one attached hydrogen (secondary N) is 3. The molecular weight excluding hydrogens is 365 g/mol. The molecule has 0 bridgehead atoms. The number of para-hydroxylation sites is 1. The topological polar surface area (TPSA) is 88.7 Å². The molecule has 0 unspecified atom stereocenters. The molecule has 146 valence electrons. The maximum absolute atomic E-state index is 13.9. The lowest BCUT2D eigenvalue weighted by Gasteiger charge is -2.29. The van der Waals surface area contributed by atoms with E-state index in [-0.39, 0.29) is 11.3 Å². The Bertz CT molecular complexity index is 958. The Morgan fingerprint density at radius 2 is 1.89 bits per heavy atom. The molecule has 1 aliphatic rings. The van der Waals surface area contributed by atoms with Gasteiger partial charge in [-0.25, -0.2) is 9.18 Å². The SMILES string of the molecule is COc1ccc([C@@H]2NC(=O)NC(C)=C2C(=O)Nc2ccccc2F)c(OC)c1. The van der Waals surface area contributed by atoms with Crippen LogP contribution in [0.5, 0.6) is 11.5 Å². The van der Waals surface area contributed by atoms with E-state index in [1.165, 1.54) is 32.4 Å². The molecular formula is C20H20FN3O4. The van der Waals surface area contributed by atoms with Crippen LogP contribution in [-0.2, 0) is 4.79 Å². The molecule has 8 heteroatoms. The molecule has 3 rings (SSSR count). The van der Waals surface area contributed by atoms with Crippen LogP contribution in [0.4, 0.5) is 14.9 Å². The molecule has 1 heterocycles. The number of allylic oxidation sites excluding steroid dienone is 1. The summed E-state index contributed by atoms with van der Waals surface area (Å²) in [4.78, 5) is 25.0. The van der Waals surface area contributed by atoms with Gasteiger partial charge in [0.15, 0.2) is 0 Å². The Morgan fingerprint density at radius 3 is 2.57 bits per heavy atom. The Morgan fingerprint density at radius 1 is 1.14 bits per heavy atom. The van der Waals surface area contributed by atoms with Crippen molar-refractivity contribution < 1.29 is 23.5 Å². The third-order valence-corrected chi connectivity index (χ3v) is 4.39. The number of rotatable bonds is 5. The molecule has 28 heavy (non-hydrogen) atoms. The van der Waals surface area contributed by atoms with Gasteiger partial charge in [-0.1, -0.05) is 12.1 Å². The quantitative estimate of drug-likeness (QED) is 0.738. The van der Waals surface area contributed by atoms with Crippen LogP contribution in [0.1, 0.15) is 18.5 Å². The summed E-state index contributed by atoms with van der Waals surface area (Å²) in [5.41, 5.74) is 1.22. The minimum absolute atomic E-state index is 0.0464. The van der Waals surface area contributed by atoms with Crippen molar-refractivity contribution in [1.29, 1.82) is 0 Å². The first kappa shape index (κ1) is 19.2. The van der Waals surface area contributed by atoms with Gasteiger partial charge in [0.1, 0.15) is 17.3 Å². The van der Waals surface area contributed by atoms with Gasteiger partial charge in [0, 0.05) is 17.3 Å².